The quantitative estimate of drug-likeness (QED) is 0.674. The van der Waals surface area contributed by atoms with E-state index in [0.29, 0.717) is 11.6 Å². The Morgan fingerprint density at radius 1 is 0.933 bits per heavy atom. The summed E-state index contributed by atoms with van der Waals surface area (Å²) in [6.45, 7) is 2.01. The van der Waals surface area contributed by atoms with Gasteiger partial charge in [-0.2, -0.15) is 0 Å². The Balaban J connectivity index is 1.18. The van der Waals surface area contributed by atoms with Crippen LogP contribution in [0.15, 0.2) is 47.8 Å². The van der Waals surface area contributed by atoms with Crippen molar-refractivity contribution in [1.29, 1.82) is 0 Å². The van der Waals surface area contributed by atoms with Gasteiger partial charge in [-0.3, -0.25) is 9.36 Å². The number of hydrogen-bond acceptors (Lipinski definition) is 5. The molecule has 30 heavy (non-hydrogen) atoms. The van der Waals surface area contributed by atoms with Gasteiger partial charge in [0.05, 0.1) is 16.6 Å². The molecule has 0 unspecified atom stereocenters. The number of rotatable bonds is 4. The highest BCUT2D eigenvalue weighted by Gasteiger charge is 2.32. The van der Waals surface area contributed by atoms with Gasteiger partial charge in [-0.05, 0) is 50.7 Å². The number of nitrogens with one attached hydrogen (secondary N) is 1. The first-order valence-electron chi connectivity index (χ1n) is 10.9. The van der Waals surface area contributed by atoms with Crippen LogP contribution in [0, 0.1) is 5.92 Å². The van der Waals surface area contributed by atoms with Gasteiger partial charge in [-0.25, -0.2) is 14.8 Å². The van der Waals surface area contributed by atoms with Crippen LogP contribution in [0.25, 0.3) is 11.0 Å². The average molecular weight is 406 g/mol. The van der Waals surface area contributed by atoms with Crippen molar-refractivity contribution in [1.82, 2.24) is 24.4 Å². The molecule has 2 fully saturated rings. The van der Waals surface area contributed by atoms with Crippen LogP contribution in [0.4, 0.5) is 0 Å². The number of fused-ring (bicyclic) bond motifs is 1. The molecule has 1 aliphatic carbocycles. The Hall–Kier alpha value is -2.80. The molecular formula is C23H27N5O2. The van der Waals surface area contributed by atoms with Crippen LogP contribution in [0.3, 0.4) is 0 Å². The molecule has 3 heterocycles. The van der Waals surface area contributed by atoms with Gasteiger partial charge in [-0.1, -0.05) is 12.1 Å². The van der Waals surface area contributed by atoms with E-state index in [1.807, 2.05) is 28.8 Å². The zero-order valence-corrected chi connectivity index (χ0v) is 17.0. The summed E-state index contributed by atoms with van der Waals surface area (Å²) in [5.41, 5.74) is 2.55. The molecular weight excluding hydrogens is 378 g/mol. The number of likely N-dealkylation sites (tertiary alicyclic amines) is 1. The minimum Gasteiger partial charge on any atom is -0.306 e. The molecule has 3 aromatic rings. The van der Waals surface area contributed by atoms with Crippen LogP contribution in [-0.4, -0.2) is 49.3 Å². The highest BCUT2D eigenvalue weighted by atomic mass is 16.1. The normalized spacial score (nSPS) is 23.6. The number of aromatic amines is 1. The summed E-state index contributed by atoms with van der Waals surface area (Å²) in [5.74, 6) is 0.279. The van der Waals surface area contributed by atoms with Gasteiger partial charge in [0, 0.05) is 43.5 Å². The molecule has 0 atom stereocenters. The minimum absolute atomic E-state index is 0.00133. The van der Waals surface area contributed by atoms with Gasteiger partial charge >= 0.3 is 5.69 Å². The Morgan fingerprint density at radius 2 is 1.63 bits per heavy atom. The lowest BCUT2D eigenvalue weighted by molar-refractivity contribution is 0.0755. The molecule has 2 aliphatic rings. The van der Waals surface area contributed by atoms with Crippen molar-refractivity contribution in [3.63, 3.8) is 0 Å². The number of para-hydroxylation sites is 2. The largest absolute Gasteiger partial charge is 0.326 e. The van der Waals surface area contributed by atoms with Gasteiger partial charge in [-0.15, -0.1) is 0 Å². The fourth-order valence-electron chi connectivity index (χ4n) is 5.31. The molecule has 0 bridgehead atoms. The van der Waals surface area contributed by atoms with Crippen molar-refractivity contribution < 1.29 is 4.79 Å². The molecule has 7 nitrogen and oxygen atoms in total. The molecule has 1 saturated heterocycles. The van der Waals surface area contributed by atoms with Crippen LogP contribution in [0.2, 0.25) is 0 Å². The fraction of sp³-hybridized carbons (Fsp3) is 0.478. The molecule has 156 valence electrons. The van der Waals surface area contributed by atoms with Crippen LogP contribution in [0.1, 0.15) is 54.9 Å². The smallest absolute Gasteiger partial charge is 0.306 e. The van der Waals surface area contributed by atoms with E-state index in [4.69, 9.17) is 0 Å². The Bertz CT molecular complexity index is 1070. The second-order valence-electron chi connectivity index (χ2n) is 8.58. The molecule has 5 rings (SSSR count). The van der Waals surface area contributed by atoms with Crippen LogP contribution < -0.4 is 5.69 Å². The summed E-state index contributed by atoms with van der Waals surface area (Å²) in [6.07, 6.45) is 10.7. The molecule has 1 aliphatic heterocycles. The molecule has 7 heteroatoms. The molecule has 0 amide bonds. The summed E-state index contributed by atoms with van der Waals surface area (Å²) in [6, 6.07) is 8.72. The number of imidazole rings is 1. The van der Waals surface area contributed by atoms with Crippen molar-refractivity contribution in [2.24, 2.45) is 5.92 Å². The SMILES string of the molecule is O=c1[nH]c2ccccc2n1C1CCN([C@H]2CC[C@H](C(=O)c3cncnc3)CC2)CC1. The van der Waals surface area contributed by atoms with Gasteiger partial charge in [0.1, 0.15) is 6.33 Å². The van der Waals surface area contributed by atoms with Gasteiger partial charge in [0.15, 0.2) is 5.78 Å². The van der Waals surface area contributed by atoms with E-state index in [1.165, 1.54) is 6.33 Å². The number of piperidine rings is 1. The third kappa shape index (κ3) is 3.58. The lowest BCUT2D eigenvalue weighted by Gasteiger charge is -2.40. The van der Waals surface area contributed by atoms with Crippen molar-refractivity contribution in [3.05, 3.63) is 59.0 Å². The maximum Gasteiger partial charge on any atom is 0.326 e. The van der Waals surface area contributed by atoms with E-state index in [-0.39, 0.29) is 23.4 Å². The molecule has 0 radical (unpaired) electrons. The van der Waals surface area contributed by atoms with E-state index in [1.54, 1.807) is 12.4 Å². The average Bonchev–Trinajstić information content (AvgIpc) is 3.15. The van der Waals surface area contributed by atoms with Crippen molar-refractivity contribution >= 4 is 16.8 Å². The van der Waals surface area contributed by atoms with Crippen LogP contribution in [-0.2, 0) is 0 Å². The maximum absolute atomic E-state index is 12.7. The summed E-state index contributed by atoms with van der Waals surface area (Å²) in [7, 11) is 0. The summed E-state index contributed by atoms with van der Waals surface area (Å²) < 4.78 is 1.95. The fourth-order valence-corrected chi connectivity index (χ4v) is 5.31. The standard InChI is InChI=1S/C23H27N5O2/c29-22(17-13-24-15-25-14-17)16-5-7-18(8-6-16)27-11-9-19(10-12-27)28-21-4-2-1-3-20(21)26-23(28)30/h1-4,13-16,18-19H,5-12H2,(H,26,30)/t16-,18-. The monoisotopic (exact) mass is 405 g/mol. The van der Waals surface area contributed by atoms with Crippen molar-refractivity contribution in [2.75, 3.05) is 13.1 Å². The van der Waals surface area contributed by atoms with Gasteiger partial charge in [0.2, 0.25) is 0 Å². The number of Topliss-reactive ketones (excluding diaryl/α,β-unsaturated/α-hetero) is 1. The predicted octanol–water partition coefficient (Wildman–Crippen LogP) is 3.20. The Morgan fingerprint density at radius 3 is 2.37 bits per heavy atom. The number of H-pyrrole nitrogens is 1. The summed E-state index contributed by atoms with van der Waals surface area (Å²) in [4.78, 5) is 38.7. The highest BCUT2D eigenvalue weighted by molar-refractivity contribution is 5.97. The first kappa shape index (κ1) is 19.2. The number of hydrogen-bond donors (Lipinski definition) is 1. The minimum atomic E-state index is -0.00133. The topological polar surface area (TPSA) is 83.9 Å². The van der Waals surface area contributed by atoms with E-state index in [2.05, 4.69) is 19.9 Å². The number of carbonyl (C=O) groups excluding carboxylic acids is 1. The molecule has 2 aromatic heterocycles. The molecule has 0 spiro atoms. The van der Waals surface area contributed by atoms with Gasteiger partial charge < -0.3 is 9.88 Å². The zero-order valence-electron chi connectivity index (χ0n) is 17.0. The Kier molecular flexibility index (Phi) is 5.21. The second kappa shape index (κ2) is 8.14. The van der Waals surface area contributed by atoms with Crippen LogP contribution in [0.5, 0.6) is 0 Å². The third-order valence-electron chi connectivity index (χ3n) is 6.92. The van der Waals surface area contributed by atoms with E-state index in [9.17, 15) is 9.59 Å². The molecule has 1 N–H and O–H groups in total. The van der Waals surface area contributed by atoms with E-state index < -0.39 is 0 Å². The van der Waals surface area contributed by atoms with Crippen LogP contribution >= 0.6 is 0 Å². The Labute approximate surface area is 175 Å². The lowest BCUT2D eigenvalue weighted by atomic mass is 9.81. The molecule has 1 aromatic carbocycles. The van der Waals surface area contributed by atoms with Crippen molar-refractivity contribution in [3.8, 4) is 0 Å². The van der Waals surface area contributed by atoms with Gasteiger partial charge in [0.25, 0.3) is 0 Å². The predicted molar refractivity (Wildman–Crippen MR) is 115 cm³/mol. The maximum atomic E-state index is 12.7. The van der Waals surface area contributed by atoms with Crippen molar-refractivity contribution in [2.45, 2.75) is 50.6 Å². The summed E-state index contributed by atoms with van der Waals surface area (Å²) in [5, 5.41) is 0. The lowest BCUT2D eigenvalue weighted by Crippen LogP contribution is -2.44. The molecule has 1 saturated carbocycles. The van der Waals surface area contributed by atoms with E-state index >= 15 is 0 Å². The first-order valence-corrected chi connectivity index (χ1v) is 10.9. The zero-order chi connectivity index (χ0) is 20.5. The number of carbonyl (C=O) groups is 1. The number of ketones is 1. The third-order valence-corrected chi connectivity index (χ3v) is 6.92. The highest BCUT2D eigenvalue weighted by Crippen LogP contribution is 2.33. The second-order valence-corrected chi connectivity index (χ2v) is 8.58. The number of nitrogens with zero attached hydrogens (tertiary/aromatic N) is 4. The number of aromatic nitrogens is 4. The first-order chi connectivity index (χ1) is 14.7. The number of benzene rings is 1. The van der Waals surface area contributed by atoms with E-state index in [0.717, 1.165) is 62.6 Å². The summed E-state index contributed by atoms with van der Waals surface area (Å²) >= 11 is 0.